The Morgan fingerprint density at radius 1 is 1.00 bits per heavy atom. The highest BCUT2D eigenvalue weighted by Gasteiger charge is 1.97. The third-order valence-corrected chi connectivity index (χ3v) is 2.33. The zero-order chi connectivity index (χ0) is 11.4. The molecular formula is C12H14N4. The summed E-state index contributed by atoms with van der Waals surface area (Å²) >= 11 is 0. The summed E-state index contributed by atoms with van der Waals surface area (Å²) in [7, 11) is 0. The minimum absolute atomic E-state index is 0.597. The van der Waals surface area contributed by atoms with Crippen LogP contribution in [0, 0.1) is 0 Å². The summed E-state index contributed by atoms with van der Waals surface area (Å²) in [6.07, 6.45) is 3.54. The average Bonchev–Trinajstić information content (AvgIpc) is 2.32. The van der Waals surface area contributed by atoms with Gasteiger partial charge in [-0.2, -0.15) is 0 Å². The summed E-state index contributed by atoms with van der Waals surface area (Å²) in [6, 6.07) is 9.47. The highest BCUT2D eigenvalue weighted by Crippen LogP contribution is 2.19. The second kappa shape index (κ2) is 4.53. The minimum Gasteiger partial charge on any atom is -0.397 e. The van der Waals surface area contributed by atoms with Gasteiger partial charge in [0.2, 0.25) is 0 Å². The van der Waals surface area contributed by atoms with Crippen molar-refractivity contribution < 1.29 is 0 Å². The Balaban J connectivity index is 2.03. The molecule has 4 nitrogen and oxygen atoms in total. The molecule has 0 spiro atoms. The van der Waals surface area contributed by atoms with Crippen LogP contribution in [-0.2, 0) is 6.54 Å². The van der Waals surface area contributed by atoms with Crippen molar-refractivity contribution >= 4 is 17.1 Å². The van der Waals surface area contributed by atoms with Crippen LogP contribution < -0.4 is 16.8 Å². The van der Waals surface area contributed by atoms with Crippen molar-refractivity contribution in [2.45, 2.75) is 6.54 Å². The van der Waals surface area contributed by atoms with Crippen LogP contribution in [-0.4, -0.2) is 4.98 Å². The van der Waals surface area contributed by atoms with Crippen LogP contribution in [0.15, 0.2) is 42.7 Å². The van der Waals surface area contributed by atoms with Gasteiger partial charge in [0.05, 0.1) is 11.4 Å². The molecule has 0 saturated carbocycles. The Bertz CT molecular complexity index is 468. The monoisotopic (exact) mass is 214 g/mol. The van der Waals surface area contributed by atoms with Gasteiger partial charge < -0.3 is 16.8 Å². The molecule has 0 aliphatic heterocycles. The van der Waals surface area contributed by atoms with Crippen LogP contribution in [0.5, 0.6) is 0 Å². The van der Waals surface area contributed by atoms with Gasteiger partial charge >= 0.3 is 0 Å². The fourth-order valence-electron chi connectivity index (χ4n) is 1.39. The van der Waals surface area contributed by atoms with E-state index < -0.39 is 0 Å². The van der Waals surface area contributed by atoms with Crippen molar-refractivity contribution in [3.63, 3.8) is 0 Å². The first-order valence-electron chi connectivity index (χ1n) is 5.03. The van der Waals surface area contributed by atoms with E-state index in [0.717, 1.165) is 12.2 Å². The quantitative estimate of drug-likeness (QED) is 0.681. The Kier molecular flexibility index (Phi) is 2.91. The maximum Gasteiger partial charge on any atom is 0.0568 e. The van der Waals surface area contributed by atoms with Gasteiger partial charge in [-0.15, -0.1) is 0 Å². The van der Waals surface area contributed by atoms with E-state index in [1.165, 1.54) is 5.56 Å². The maximum atomic E-state index is 5.71. The first-order valence-corrected chi connectivity index (χ1v) is 5.03. The summed E-state index contributed by atoms with van der Waals surface area (Å²) in [4.78, 5) is 3.96. The maximum absolute atomic E-state index is 5.71. The number of pyridine rings is 1. The van der Waals surface area contributed by atoms with E-state index in [2.05, 4.69) is 10.3 Å². The summed E-state index contributed by atoms with van der Waals surface area (Å²) in [6.45, 7) is 0.742. The molecule has 0 amide bonds. The van der Waals surface area contributed by atoms with Gasteiger partial charge in [0, 0.05) is 24.6 Å². The largest absolute Gasteiger partial charge is 0.397 e. The molecule has 2 rings (SSSR count). The number of nitrogens with zero attached hydrogens (tertiary/aromatic N) is 1. The van der Waals surface area contributed by atoms with E-state index >= 15 is 0 Å². The summed E-state index contributed by atoms with van der Waals surface area (Å²) in [5, 5.41) is 3.27. The summed E-state index contributed by atoms with van der Waals surface area (Å²) in [5.41, 5.74) is 14.7. The zero-order valence-electron chi connectivity index (χ0n) is 8.85. The van der Waals surface area contributed by atoms with Gasteiger partial charge in [-0.25, -0.2) is 0 Å². The third-order valence-electron chi connectivity index (χ3n) is 2.33. The molecule has 0 radical (unpaired) electrons. The van der Waals surface area contributed by atoms with Crippen molar-refractivity contribution in [1.29, 1.82) is 0 Å². The number of hydrogen-bond donors (Lipinski definition) is 3. The van der Waals surface area contributed by atoms with Crippen LogP contribution >= 0.6 is 0 Å². The van der Waals surface area contributed by atoms with Crippen molar-refractivity contribution in [3.05, 3.63) is 48.3 Å². The number of nitrogens with one attached hydrogen (secondary N) is 1. The molecule has 0 saturated heterocycles. The van der Waals surface area contributed by atoms with Crippen LogP contribution in [0.1, 0.15) is 5.56 Å². The summed E-state index contributed by atoms with van der Waals surface area (Å²) < 4.78 is 0. The Morgan fingerprint density at radius 3 is 2.44 bits per heavy atom. The molecule has 0 aliphatic rings. The van der Waals surface area contributed by atoms with Crippen molar-refractivity contribution in [2.24, 2.45) is 0 Å². The predicted molar refractivity (Wildman–Crippen MR) is 66.8 cm³/mol. The molecule has 0 fully saturated rings. The lowest BCUT2D eigenvalue weighted by Gasteiger charge is -2.08. The molecule has 1 aromatic heterocycles. The first-order chi connectivity index (χ1) is 7.75. The lowest BCUT2D eigenvalue weighted by molar-refractivity contribution is 1.13. The second-order valence-corrected chi connectivity index (χ2v) is 3.55. The van der Waals surface area contributed by atoms with E-state index in [4.69, 9.17) is 11.5 Å². The standard InChI is InChI=1S/C12H14N4/c13-11-2-1-10(7-12(11)14)16-8-9-3-5-15-6-4-9/h1-7,16H,8,13-14H2. The van der Waals surface area contributed by atoms with Crippen molar-refractivity contribution in [1.82, 2.24) is 4.98 Å². The highest BCUT2D eigenvalue weighted by atomic mass is 14.9. The van der Waals surface area contributed by atoms with E-state index in [0.29, 0.717) is 11.4 Å². The topological polar surface area (TPSA) is 77.0 Å². The number of aromatic nitrogens is 1. The number of hydrogen-bond acceptors (Lipinski definition) is 4. The SMILES string of the molecule is Nc1ccc(NCc2ccncc2)cc1N. The van der Waals surface area contributed by atoms with E-state index in [1.807, 2.05) is 24.3 Å². The fraction of sp³-hybridized carbons (Fsp3) is 0.0833. The van der Waals surface area contributed by atoms with Crippen LogP contribution in [0.25, 0.3) is 0 Å². The van der Waals surface area contributed by atoms with Gasteiger partial charge in [0.1, 0.15) is 0 Å². The molecule has 0 bridgehead atoms. The Labute approximate surface area is 94.3 Å². The summed E-state index contributed by atoms with van der Waals surface area (Å²) in [5.74, 6) is 0. The number of benzene rings is 1. The van der Waals surface area contributed by atoms with Crippen LogP contribution in [0.2, 0.25) is 0 Å². The first kappa shape index (κ1) is 10.3. The second-order valence-electron chi connectivity index (χ2n) is 3.55. The van der Waals surface area contributed by atoms with Gasteiger partial charge in [-0.3, -0.25) is 4.98 Å². The molecule has 1 heterocycles. The predicted octanol–water partition coefficient (Wildman–Crippen LogP) is 1.86. The fourth-order valence-corrected chi connectivity index (χ4v) is 1.39. The molecule has 0 unspecified atom stereocenters. The van der Waals surface area contributed by atoms with Gasteiger partial charge in [0.25, 0.3) is 0 Å². The Hall–Kier alpha value is -2.23. The van der Waals surface area contributed by atoms with Crippen molar-refractivity contribution in [3.8, 4) is 0 Å². The number of nitrogen functional groups attached to an aromatic ring is 2. The molecule has 5 N–H and O–H groups in total. The molecule has 82 valence electrons. The number of rotatable bonds is 3. The number of nitrogens with two attached hydrogens (primary N) is 2. The normalized spacial score (nSPS) is 10.0. The third kappa shape index (κ3) is 2.42. The smallest absolute Gasteiger partial charge is 0.0568 e. The molecule has 0 aliphatic carbocycles. The van der Waals surface area contributed by atoms with E-state index in [9.17, 15) is 0 Å². The lowest BCUT2D eigenvalue weighted by atomic mass is 10.2. The van der Waals surface area contributed by atoms with Gasteiger partial charge in [0.15, 0.2) is 0 Å². The zero-order valence-corrected chi connectivity index (χ0v) is 8.85. The average molecular weight is 214 g/mol. The van der Waals surface area contributed by atoms with Crippen LogP contribution in [0.3, 0.4) is 0 Å². The minimum atomic E-state index is 0.597. The molecule has 1 aromatic carbocycles. The van der Waals surface area contributed by atoms with Gasteiger partial charge in [-0.1, -0.05) is 0 Å². The highest BCUT2D eigenvalue weighted by molar-refractivity contribution is 5.69. The van der Waals surface area contributed by atoms with Crippen molar-refractivity contribution in [2.75, 3.05) is 16.8 Å². The molecule has 0 atom stereocenters. The molecule has 4 heteroatoms. The van der Waals surface area contributed by atoms with Gasteiger partial charge in [-0.05, 0) is 35.9 Å². The molecule has 2 aromatic rings. The Morgan fingerprint density at radius 2 is 1.75 bits per heavy atom. The van der Waals surface area contributed by atoms with E-state index in [-0.39, 0.29) is 0 Å². The molecular weight excluding hydrogens is 200 g/mol. The van der Waals surface area contributed by atoms with E-state index in [1.54, 1.807) is 18.5 Å². The van der Waals surface area contributed by atoms with Crippen LogP contribution in [0.4, 0.5) is 17.1 Å². The number of anilines is 3. The molecule has 16 heavy (non-hydrogen) atoms. The lowest BCUT2D eigenvalue weighted by Crippen LogP contribution is -2.01.